The molecule has 0 aromatic heterocycles. The van der Waals surface area contributed by atoms with Crippen LogP contribution in [0.25, 0.3) is 5.57 Å². The van der Waals surface area contributed by atoms with Crippen LogP contribution in [0.1, 0.15) is 28.4 Å². The first-order valence-electron chi connectivity index (χ1n) is 7.82. The summed E-state index contributed by atoms with van der Waals surface area (Å²) in [4.78, 5) is 25.9. The zero-order valence-corrected chi connectivity index (χ0v) is 13.5. The fourth-order valence-corrected chi connectivity index (χ4v) is 3.77. The maximum absolute atomic E-state index is 13.2. The predicted molar refractivity (Wildman–Crippen MR) is 92.7 cm³/mol. The van der Waals surface area contributed by atoms with Crippen LogP contribution < -0.4 is 0 Å². The third-order valence-corrected chi connectivity index (χ3v) is 4.82. The van der Waals surface area contributed by atoms with Gasteiger partial charge in [-0.3, -0.25) is 9.59 Å². The molecule has 118 valence electrons. The molecule has 2 aliphatic rings. The van der Waals surface area contributed by atoms with Crippen LogP contribution in [-0.2, 0) is 10.2 Å². The SMILES string of the molecule is CC1=NN(C)C(=O)[C@]12C(c1ccccc1)=CC(=O)c1ccccc12. The minimum Gasteiger partial charge on any atom is -0.289 e. The summed E-state index contributed by atoms with van der Waals surface area (Å²) in [5.41, 5.74) is 2.49. The molecule has 0 saturated heterocycles. The van der Waals surface area contributed by atoms with Gasteiger partial charge in [0.05, 0.1) is 5.71 Å². The van der Waals surface area contributed by atoms with Crippen molar-refractivity contribution in [2.45, 2.75) is 12.3 Å². The van der Waals surface area contributed by atoms with Gasteiger partial charge in [-0.2, -0.15) is 5.10 Å². The molecule has 0 saturated carbocycles. The molecule has 4 heteroatoms. The molecule has 1 spiro atoms. The molecule has 0 fully saturated rings. The summed E-state index contributed by atoms with van der Waals surface area (Å²) in [5.74, 6) is -0.208. The van der Waals surface area contributed by atoms with E-state index < -0.39 is 5.41 Å². The monoisotopic (exact) mass is 316 g/mol. The number of hydrogen-bond acceptors (Lipinski definition) is 3. The molecule has 0 radical (unpaired) electrons. The summed E-state index contributed by atoms with van der Waals surface area (Å²) >= 11 is 0. The molecule has 0 N–H and O–H groups in total. The second-order valence-electron chi connectivity index (χ2n) is 6.10. The fraction of sp³-hybridized carbons (Fsp3) is 0.150. The van der Waals surface area contributed by atoms with E-state index in [4.69, 9.17) is 0 Å². The highest BCUT2D eigenvalue weighted by molar-refractivity contribution is 6.31. The number of nitrogens with zero attached hydrogens (tertiary/aromatic N) is 2. The number of carbonyl (C=O) groups excluding carboxylic acids is 2. The van der Waals surface area contributed by atoms with Gasteiger partial charge >= 0.3 is 0 Å². The van der Waals surface area contributed by atoms with E-state index in [9.17, 15) is 9.59 Å². The summed E-state index contributed by atoms with van der Waals surface area (Å²) in [5, 5.41) is 5.77. The number of rotatable bonds is 1. The molecule has 24 heavy (non-hydrogen) atoms. The predicted octanol–water partition coefficient (Wildman–Crippen LogP) is 3.05. The third-order valence-electron chi connectivity index (χ3n) is 4.82. The Hall–Kier alpha value is -3.01. The molecule has 1 atom stereocenters. The van der Waals surface area contributed by atoms with Gasteiger partial charge in [-0.25, -0.2) is 5.01 Å². The molecule has 0 bridgehead atoms. The summed E-state index contributed by atoms with van der Waals surface area (Å²) in [6.07, 6.45) is 1.59. The minimum absolute atomic E-state index is 0.0785. The number of allylic oxidation sites excluding steroid dienone is 1. The third kappa shape index (κ3) is 1.71. The lowest BCUT2D eigenvalue weighted by atomic mass is 9.64. The minimum atomic E-state index is -1.03. The smallest absolute Gasteiger partial charge is 0.263 e. The largest absolute Gasteiger partial charge is 0.289 e. The molecular formula is C20H16N2O2. The Labute approximate surface area is 140 Å². The quantitative estimate of drug-likeness (QED) is 0.812. The van der Waals surface area contributed by atoms with Gasteiger partial charge in [-0.1, -0.05) is 54.6 Å². The van der Waals surface area contributed by atoms with E-state index in [1.165, 1.54) is 5.01 Å². The second-order valence-corrected chi connectivity index (χ2v) is 6.10. The zero-order chi connectivity index (χ0) is 16.9. The average molecular weight is 316 g/mol. The molecule has 2 aromatic rings. The lowest BCUT2D eigenvalue weighted by Crippen LogP contribution is -2.46. The number of carbonyl (C=O) groups is 2. The number of fused-ring (bicyclic) bond motifs is 2. The molecule has 1 aliphatic carbocycles. The number of hydrogen-bond donors (Lipinski definition) is 0. The van der Waals surface area contributed by atoms with E-state index >= 15 is 0 Å². The highest BCUT2D eigenvalue weighted by Crippen LogP contribution is 2.48. The maximum atomic E-state index is 13.2. The number of benzene rings is 2. The van der Waals surface area contributed by atoms with Gasteiger partial charge in [0.25, 0.3) is 5.91 Å². The Balaban J connectivity index is 2.09. The summed E-state index contributed by atoms with van der Waals surface area (Å²) < 4.78 is 0. The van der Waals surface area contributed by atoms with Crippen LogP contribution in [0.15, 0.2) is 65.8 Å². The van der Waals surface area contributed by atoms with Gasteiger partial charge in [-0.15, -0.1) is 0 Å². The summed E-state index contributed by atoms with van der Waals surface area (Å²) in [6.45, 7) is 1.85. The Kier molecular flexibility index (Phi) is 3.03. The van der Waals surface area contributed by atoms with Gasteiger partial charge < -0.3 is 0 Å². The molecular weight excluding hydrogens is 300 g/mol. The topological polar surface area (TPSA) is 49.7 Å². The number of hydrazone groups is 1. The van der Waals surface area contributed by atoms with Crippen molar-refractivity contribution in [3.8, 4) is 0 Å². The van der Waals surface area contributed by atoms with Crippen molar-refractivity contribution in [2.75, 3.05) is 7.05 Å². The van der Waals surface area contributed by atoms with Crippen molar-refractivity contribution in [1.82, 2.24) is 5.01 Å². The fourth-order valence-electron chi connectivity index (χ4n) is 3.77. The number of ketones is 1. The molecule has 4 rings (SSSR count). The first-order chi connectivity index (χ1) is 11.6. The molecule has 0 unspecified atom stereocenters. The van der Waals surface area contributed by atoms with E-state index in [1.807, 2.05) is 55.5 Å². The number of likely N-dealkylation sites (N-methyl/N-ethyl adjacent to an activating group) is 1. The van der Waals surface area contributed by atoms with Crippen LogP contribution in [-0.4, -0.2) is 29.5 Å². The van der Waals surface area contributed by atoms with Crippen LogP contribution in [0.2, 0.25) is 0 Å². The molecule has 1 aliphatic heterocycles. The highest BCUT2D eigenvalue weighted by atomic mass is 16.2. The molecule has 4 nitrogen and oxygen atoms in total. The van der Waals surface area contributed by atoms with Crippen LogP contribution in [0.3, 0.4) is 0 Å². The van der Waals surface area contributed by atoms with E-state index in [0.29, 0.717) is 22.4 Å². The lowest BCUT2D eigenvalue weighted by Gasteiger charge is -2.35. The van der Waals surface area contributed by atoms with Crippen LogP contribution in [0, 0.1) is 0 Å². The first kappa shape index (κ1) is 14.6. The summed E-state index contributed by atoms with van der Waals surface area (Å²) in [7, 11) is 1.65. The van der Waals surface area contributed by atoms with E-state index in [1.54, 1.807) is 19.2 Å². The Morgan fingerprint density at radius 2 is 1.62 bits per heavy atom. The van der Waals surface area contributed by atoms with Gasteiger partial charge in [0.2, 0.25) is 0 Å². The van der Waals surface area contributed by atoms with Crippen LogP contribution >= 0.6 is 0 Å². The normalized spacial score (nSPS) is 22.5. The number of amides is 1. The Morgan fingerprint density at radius 3 is 2.29 bits per heavy atom. The van der Waals surface area contributed by atoms with Crippen molar-refractivity contribution in [1.29, 1.82) is 0 Å². The maximum Gasteiger partial charge on any atom is 0.263 e. The average Bonchev–Trinajstić information content (AvgIpc) is 2.83. The van der Waals surface area contributed by atoms with Crippen LogP contribution in [0.4, 0.5) is 0 Å². The van der Waals surface area contributed by atoms with Gasteiger partial charge in [0, 0.05) is 12.6 Å². The van der Waals surface area contributed by atoms with E-state index in [0.717, 1.165) is 5.56 Å². The lowest BCUT2D eigenvalue weighted by molar-refractivity contribution is -0.130. The molecule has 1 heterocycles. The standard InChI is InChI=1S/C20H16N2O2/c1-13-20(19(24)22(2)21-13)16-11-7-6-10-15(16)18(23)12-17(20)14-8-4-3-5-9-14/h3-12H,1-2H3/t20-/m1/s1. The van der Waals surface area contributed by atoms with Gasteiger partial charge in [0.15, 0.2) is 5.78 Å². The molecule has 2 aromatic carbocycles. The van der Waals surface area contributed by atoms with Crippen LogP contribution in [0.5, 0.6) is 0 Å². The Bertz CT molecular complexity index is 928. The van der Waals surface area contributed by atoms with Crippen molar-refractivity contribution < 1.29 is 9.59 Å². The van der Waals surface area contributed by atoms with Gasteiger partial charge in [0.1, 0.15) is 5.41 Å². The van der Waals surface area contributed by atoms with Crippen molar-refractivity contribution in [3.63, 3.8) is 0 Å². The second kappa shape index (κ2) is 4.99. The highest BCUT2D eigenvalue weighted by Gasteiger charge is 2.55. The van der Waals surface area contributed by atoms with E-state index in [-0.39, 0.29) is 11.7 Å². The first-order valence-corrected chi connectivity index (χ1v) is 7.82. The zero-order valence-electron chi connectivity index (χ0n) is 13.5. The van der Waals surface area contributed by atoms with Crippen molar-refractivity contribution >= 4 is 23.0 Å². The Morgan fingerprint density at radius 1 is 0.958 bits per heavy atom. The van der Waals surface area contributed by atoms with Gasteiger partial charge in [-0.05, 0) is 29.7 Å². The van der Waals surface area contributed by atoms with E-state index in [2.05, 4.69) is 5.10 Å². The van der Waals surface area contributed by atoms with Crippen molar-refractivity contribution in [3.05, 3.63) is 77.4 Å². The van der Waals surface area contributed by atoms with Crippen molar-refractivity contribution in [2.24, 2.45) is 5.10 Å². The summed E-state index contributed by atoms with van der Waals surface area (Å²) in [6, 6.07) is 16.9. The molecule has 1 amide bonds.